The number of carbonyl (C=O) groups is 2. The molecule has 1 aliphatic heterocycles. The molecular formula is C29H24ClNO5S. The minimum Gasteiger partial charge on any atom is -0.506 e. The summed E-state index contributed by atoms with van der Waals surface area (Å²) in [5, 5.41) is 11.6. The number of thioether (sulfide) groups is 1. The fourth-order valence-electron chi connectivity index (χ4n) is 3.40. The molecule has 0 atom stereocenters. The zero-order valence-corrected chi connectivity index (χ0v) is 21.8. The third-order valence-electron chi connectivity index (χ3n) is 5.37. The number of aliphatic hydroxyl groups is 1. The monoisotopic (exact) mass is 533 g/mol. The van der Waals surface area contributed by atoms with Crippen LogP contribution >= 0.6 is 23.4 Å². The van der Waals surface area contributed by atoms with Crippen LogP contribution < -0.4 is 4.74 Å². The van der Waals surface area contributed by atoms with Crippen LogP contribution in [0.25, 0.3) is 6.08 Å². The van der Waals surface area contributed by atoms with Gasteiger partial charge in [0.15, 0.2) is 0 Å². The molecule has 1 N–H and O–H groups in total. The number of aliphatic hydroxyl groups excluding tert-OH is 1. The Morgan fingerprint density at radius 2 is 1.68 bits per heavy atom. The van der Waals surface area contributed by atoms with E-state index in [1.165, 1.54) is 0 Å². The molecule has 0 bridgehead atoms. The minimum atomic E-state index is -0.739. The molecule has 0 aromatic heterocycles. The molecule has 188 valence electrons. The molecule has 6 nitrogen and oxygen atoms in total. The molecule has 0 unspecified atom stereocenters. The SMILES string of the molecule is CCOC(=O)C1=C(O)/C(=C/c2ccc(OCc3ccc(Cl)cc3)cc2)SC1=NC(=O)c1ccc(C)cc1. The number of hydrogen-bond acceptors (Lipinski definition) is 6. The van der Waals surface area contributed by atoms with Gasteiger partial charge in [-0.05, 0) is 67.4 Å². The van der Waals surface area contributed by atoms with Crippen molar-refractivity contribution in [3.63, 3.8) is 0 Å². The highest BCUT2D eigenvalue weighted by atomic mass is 35.5. The van der Waals surface area contributed by atoms with Gasteiger partial charge in [-0.1, -0.05) is 65.3 Å². The van der Waals surface area contributed by atoms with Gasteiger partial charge in [0.2, 0.25) is 0 Å². The predicted molar refractivity (Wildman–Crippen MR) is 147 cm³/mol. The fourth-order valence-corrected chi connectivity index (χ4v) is 4.54. The van der Waals surface area contributed by atoms with Crippen LogP contribution in [0.15, 0.2) is 94.0 Å². The second-order valence-electron chi connectivity index (χ2n) is 8.13. The van der Waals surface area contributed by atoms with Gasteiger partial charge in [0.25, 0.3) is 5.91 Å². The molecule has 0 aliphatic carbocycles. The third-order valence-corrected chi connectivity index (χ3v) is 6.64. The van der Waals surface area contributed by atoms with E-state index >= 15 is 0 Å². The number of esters is 1. The molecule has 0 saturated carbocycles. The molecule has 37 heavy (non-hydrogen) atoms. The summed E-state index contributed by atoms with van der Waals surface area (Å²) in [7, 11) is 0. The van der Waals surface area contributed by atoms with Crippen molar-refractivity contribution >= 4 is 46.4 Å². The molecule has 3 aromatic rings. The Morgan fingerprint density at radius 3 is 2.32 bits per heavy atom. The minimum absolute atomic E-state index is 0.0932. The lowest BCUT2D eigenvalue weighted by Crippen LogP contribution is -2.14. The van der Waals surface area contributed by atoms with E-state index in [9.17, 15) is 14.7 Å². The number of nitrogens with zero attached hydrogens (tertiary/aromatic N) is 1. The molecule has 1 aliphatic rings. The number of ether oxygens (including phenoxy) is 2. The van der Waals surface area contributed by atoms with Crippen molar-refractivity contribution in [1.29, 1.82) is 0 Å². The number of aliphatic imine (C=N–C) groups is 1. The lowest BCUT2D eigenvalue weighted by Gasteiger charge is -2.07. The third kappa shape index (κ3) is 6.70. The van der Waals surface area contributed by atoms with Crippen LogP contribution in [-0.2, 0) is 16.1 Å². The molecule has 8 heteroatoms. The molecule has 0 radical (unpaired) electrons. The second kappa shape index (κ2) is 12.0. The van der Waals surface area contributed by atoms with E-state index < -0.39 is 11.9 Å². The highest BCUT2D eigenvalue weighted by molar-refractivity contribution is 8.18. The lowest BCUT2D eigenvalue weighted by atomic mass is 10.1. The largest absolute Gasteiger partial charge is 0.506 e. The van der Waals surface area contributed by atoms with Crippen LogP contribution in [0, 0.1) is 6.92 Å². The Labute approximate surface area is 224 Å². The first-order chi connectivity index (χ1) is 17.8. The standard InChI is InChI=1S/C29H24ClNO5S/c1-3-35-29(34)25-26(32)24(37-28(25)31-27(33)21-10-4-18(2)5-11-21)16-19-8-14-23(15-9-19)36-17-20-6-12-22(30)13-7-20/h4-16,32H,3,17H2,1-2H3/b24-16-,31-28?. The Balaban J connectivity index is 1.54. The van der Waals surface area contributed by atoms with Crippen molar-refractivity contribution < 1.29 is 24.2 Å². The Bertz CT molecular complexity index is 1390. The molecule has 3 aromatic carbocycles. The molecule has 0 saturated heterocycles. The Morgan fingerprint density at radius 1 is 1.00 bits per heavy atom. The lowest BCUT2D eigenvalue weighted by molar-refractivity contribution is -0.138. The first-order valence-corrected chi connectivity index (χ1v) is 12.7. The molecule has 0 spiro atoms. The van der Waals surface area contributed by atoms with Crippen LogP contribution in [0.3, 0.4) is 0 Å². The summed E-state index contributed by atoms with van der Waals surface area (Å²) in [5.41, 5.74) is 3.03. The van der Waals surface area contributed by atoms with Gasteiger partial charge >= 0.3 is 5.97 Å². The molecule has 0 fully saturated rings. The number of aryl methyl sites for hydroxylation is 1. The zero-order valence-electron chi connectivity index (χ0n) is 20.2. The summed E-state index contributed by atoms with van der Waals surface area (Å²) in [6, 6.07) is 21.7. The van der Waals surface area contributed by atoms with Crippen LogP contribution in [0.2, 0.25) is 5.02 Å². The van der Waals surface area contributed by atoms with Gasteiger partial charge in [-0.15, -0.1) is 0 Å². The van der Waals surface area contributed by atoms with Gasteiger partial charge in [0.1, 0.15) is 28.7 Å². The first-order valence-electron chi connectivity index (χ1n) is 11.5. The molecule has 4 rings (SSSR count). The number of benzene rings is 3. The van der Waals surface area contributed by atoms with E-state index in [1.807, 2.05) is 67.6 Å². The maximum atomic E-state index is 12.7. The van der Waals surface area contributed by atoms with Crippen molar-refractivity contribution in [3.8, 4) is 5.75 Å². The van der Waals surface area contributed by atoms with Crippen LogP contribution in [-0.4, -0.2) is 28.6 Å². The number of carbonyl (C=O) groups excluding carboxylic acids is 2. The number of halogens is 1. The highest BCUT2D eigenvalue weighted by Gasteiger charge is 2.33. The summed E-state index contributed by atoms with van der Waals surface area (Å²) in [5.74, 6) is -0.853. The van der Waals surface area contributed by atoms with Gasteiger partial charge in [0, 0.05) is 10.6 Å². The summed E-state index contributed by atoms with van der Waals surface area (Å²) >= 11 is 6.95. The van der Waals surface area contributed by atoms with Crippen LogP contribution in [0.1, 0.15) is 34.0 Å². The van der Waals surface area contributed by atoms with Gasteiger partial charge in [-0.2, -0.15) is 0 Å². The zero-order chi connectivity index (χ0) is 26.4. The van der Waals surface area contributed by atoms with E-state index in [4.69, 9.17) is 21.1 Å². The fraction of sp³-hybridized carbons (Fsp3) is 0.138. The van der Waals surface area contributed by atoms with E-state index in [-0.39, 0.29) is 23.0 Å². The van der Waals surface area contributed by atoms with Crippen LogP contribution in [0.5, 0.6) is 5.75 Å². The smallest absolute Gasteiger partial charge is 0.344 e. The van der Waals surface area contributed by atoms with E-state index in [2.05, 4.69) is 4.99 Å². The van der Waals surface area contributed by atoms with E-state index in [0.29, 0.717) is 27.8 Å². The second-order valence-corrected chi connectivity index (χ2v) is 9.59. The normalized spacial score (nSPS) is 15.3. The average molecular weight is 534 g/mol. The summed E-state index contributed by atoms with van der Waals surface area (Å²) < 4.78 is 10.9. The van der Waals surface area contributed by atoms with Gasteiger partial charge in [-0.25, -0.2) is 9.79 Å². The predicted octanol–water partition coefficient (Wildman–Crippen LogP) is 6.93. The molecule has 1 amide bonds. The number of amides is 1. The van der Waals surface area contributed by atoms with E-state index in [0.717, 1.165) is 28.5 Å². The summed E-state index contributed by atoms with van der Waals surface area (Å²) in [6.07, 6.45) is 1.71. The van der Waals surface area contributed by atoms with E-state index in [1.54, 1.807) is 25.1 Å². The quantitative estimate of drug-likeness (QED) is 0.331. The summed E-state index contributed by atoms with van der Waals surface area (Å²) in [6.45, 7) is 4.10. The van der Waals surface area contributed by atoms with Gasteiger partial charge in [-0.3, -0.25) is 4.79 Å². The molecule has 1 heterocycles. The Kier molecular flexibility index (Phi) is 8.48. The summed E-state index contributed by atoms with van der Waals surface area (Å²) in [4.78, 5) is 29.8. The van der Waals surface area contributed by atoms with Gasteiger partial charge in [0.05, 0.1) is 11.5 Å². The van der Waals surface area contributed by atoms with Crippen molar-refractivity contribution in [1.82, 2.24) is 0 Å². The Hall–Kier alpha value is -3.81. The maximum absolute atomic E-state index is 12.7. The number of rotatable bonds is 7. The maximum Gasteiger partial charge on any atom is 0.344 e. The van der Waals surface area contributed by atoms with Crippen LogP contribution in [0.4, 0.5) is 0 Å². The number of hydrogen-bond donors (Lipinski definition) is 1. The van der Waals surface area contributed by atoms with Crippen molar-refractivity contribution in [2.24, 2.45) is 4.99 Å². The highest BCUT2D eigenvalue weighted by Crippen LogP contribution is 2.39. The molecular weight excluding hydrogens is 510 g/mol. The van der Waals surface area contributed by atoms with Gasteiger partial charge < -0.3 is 14.6 Å². The van der Waals surface area contributed by atoms with Crippen molar-refractivity contribution in [2.45, 2.75) is 20.5 Å². The topological polar surface area (TPSA) is 85.2 Å². The average Bonchev–Trinajstić information content (AvgIpc) is 3.19. The first kappa shape index (κ1) is 26.3. The van der Waals surface area contributed by atoms with Crippen molar-refractivity contribution in [2.75, 3.05) is 6.61 Å². The van der Waals surface area contributed by atoms with Crippen molar-refractivity contribution in [3.05, 3.63) is 116 Å².